The molecule has 0 aliphatic rings. The number of aliphatic hydroxyl groups excluding tert-OH is 2. The Morgan fingerprint density at radius 2 is 1.83 bits per heavy atom. The Morgan fingerprint density at radius 3 is 2.28 bits per heavy atom. The maximum Gasteiger partial charge on any atom is 0.249 e. The molecule has 2 atom stereocenters. The van der Waals surface area contributed by atoms with Crippen molar-refractivity contribution in [1.29, 1.82) is 0 Å². The van der Waals surface area contributed by atoms with Crippen molar-refractivity contribution >= 4 is 11.6 Å². The van der Waals surface area contributed by atoms with Gasteiger partial charge in [-0.3, -0.25) is 4.79 Å². The lowest BCUT2D eigenvalue weighted by Crippen LogP contribution is -2.34. The second-order valence-electron chi connectivity index (χ2n) is 5.39. The van der Waals surface area contributed by atoms with Crippen molar-refractivity contribution < 1.29 is 15.0 Å². The Balaban J connectivity index is 3.20. The van der Waals surface area contributed by atoms with Gasteiger partial charge in [-0.1, -0.05) is 32.9 Å². The lowest BCUT2D eigenvalue weighted by atomic mass is 9.85. The fourth-order valence-electron chi connectivity index (χ4n) is 1.62. The van der Waals surface area contributed by atoms with Crippen molar-refractivity contribution in [3.8, 4) is 0 Å². The second kappa shape index (κ2) is 4.96. The van der Waals surface area contributed by atoms with Crippen molar-refractivity contribution in [2.45, 2.75) is 38.4 Å². The molecule has 18 heavy (non-hydrogen) atoms. The molecule has 5 heteroatoms. The number of nitrogens with two attached hydrogens (primary N) is 2. The van der Waals surface area contributed by atoms with E-state index >= 15 is 0 Å². The standard InChI is InChI=1S/C13H20N2O3/c1-13(2,3)7-4-5-9(14)8(6-7)10(16)11(17)12(15)18/h4-6,10-11,16-17H,14H2,1-3H3,(H2,15,18). The van der Waals surface area contributed by atoms with Crippen LogP contribution in [0.3, 0.4) is 0 Å². The third-order valence-corrected chi connectivity index (χ3v) is 2.86. The van der Waals surface area contributed by atoms with E-state index in [1.165, 1.54) is 0 Å². The van der Waals surface area contributed by atoms with Crippen LogP contribution in [0.5, 0.6) is 0 Å². The molecule has 0 saturated heterocycles. The van der Waals surface area contributed by atoms with Gasteiger partial charge in [0, 0.05) is 11.3 Å². The summed E-state index contributed by atoms with van der Waals surface area (Å²) in [7, 11) is 0. The van der Waals surface area contributed by atoms with Crippen molar-refractivity contribution in [2.24, 2.45) is 5.73 Å². The predicted octanol–water partition coefficient (Wildman–Crippen LogP) is 0.446. The maximum atomic E-state index is 10.9. The molecule has 100 valence electrons. The average Bonchev–Trinajstić information content (AvgIpc) is 2.26. The smallest absolute Gasteiger partial charge is 0.249 e. The van der Waals surface area contributed by atoms with Gasteiger partial charge in [0.1, 0.15) is 6.10 Å². The number of hydrogen-bond acceptors (Lipinski definition) is 4. The average molecular weight is 252 g/mol. The molecule has 0 aliphatic carbocycles. The lowest BCUT2D eigenvalue weighted by Gasteiger charge is -2.23. The van der Waals surface area contributed by atoms with E-state index in [1.807, 2.05) is 26.8 Å². The number of aliphatic hydroxyl groups is 2. The summed E-state index contributed by atoms with van der Waals surface area (Å²) < 4.78 is 0. The van der Waals surface area contributed by atoms with Crippen LogP contribution < -0.4 is 11.5 Å². The topological polar surface area (TPSA) is 110 Å². The van der Waals surface area contributed by atoms with E-state index in [-0.39, 0.29) is 5.41 Å². The second-order valence-corrected chi connectivity index (χ2v) is 5.39. The fraction of sp³-hybridized carbons (Fsp3) is 0.462. The Bertz CT molecular complexity index is 452. The summed E-state index contributed by atoms with van der Waals surface area (Å²) in [6, 6.07) is 5.18. The van der Waals surface area contributed by atoms with Crippen LogP contribution in [-0.2, 0) is 10.2 Å². The molecule has 6 N–H and O–H groups in total. The third-order valence-electron chi connectivity index (χ3n) is 2.86. The summed E-state index contributed by atoms with van der Waals surface area (Å²) >= 11 is 0. The van der Waals surface area contributed by atoms with Crippen LogP contribution in [0, 0.1) is 0 Å². The monoisotopic (exact) mass is 252 g/mol. The van der Waals surface area contributed by atoms with Crippen molar-refractivity contribution in [3.63, 3.8) is 0 Å². The summed E-state index contributed by atoms with van der Waals surface area (Å²) in [6.45, 7) is 6.04. The first kappa shape index (κ1) is 14.5. The Morgan fingerprint density at radius 1 is 1.28 bits per heavy atom. The largest absolute Gasteiger partial charge is 0.398 e. The zero-order chi connectivity index (χ0) is 14.1. The molecule has 0 spiro atoms. The zero-order valence-electron chi connectivity index (χ0n) is 10.8. The van der Waals surface area contributed by atoms with E-state index in [0.717, 1.165) is 5.56 Å². The molecule has 1 rings (SSSR count). The molecule has 0 radical (unpaired) electrons. The third kappa shape index (κ3) is 3.00. The van der Waals surface area contributed by atoms with Crippen LogP contribution in [0.25, 0.3) is 0 Å². The highest BCUT2D eigenvalue weighted by Crippen LogP contribution is 2.30. The van der Waals surface area contributed by atoms with Crippen LogP contribution >= 0.6 is 0 Å². The normalized spacial score (nSPS) is 15.2. The summed E-state index contributed by atoms with van der Waals surface area (Å²) in [5.41, 5.74) is 12.2. The summed E-state index contributed by atoms with van der Waals surface area (Å²) in [6.07, 6.45) is -3.08. The first-order valence-corrected chi connectivity index (χ1v) is 5.70. The Kier molecular flexibility index (Phi) is 3.98. The summed E-state index contributed by atoms with van der Waals surface area (Å²) in [5.74, 6) is -0.983. The van der Waals surface area contributed by atoms with Gasteiger partial charge in [0.2, 0.25) is 5.91 Å². The minimum Gasteiger partial charge on any atom is -0.398 e. The van der Waals surface area contributed by atoms with Gasteiger partial charge in [-0.25, -0.2) is 0 Å². The van der Waals surface area contributed by atoms with E-state index in [0.29, 0.717) is 11.3 Å². The molecule has 1 aromatic carbocycles. The number of nitrogen functional groups attached to an aromatic ring is 1. The van der Waals surface area contributed by atoms with Gasteiger partial charge in [-0.05, 0) is 17.0 Å². The van der Waals surface area contributed by atoms with Gasteiger partial charge in [-0.15, -0.1) is 0 Å². The van der Waals surface area contributed by atoms with Crippen LogP contribution in [0.2, 0.25) is 0 Å². The van der Waals surface area contributed by atoms with Crippen LogP contribution in [-0.4, -0.2) is 22.2 Å². The Hall–Kier alpha value is -1.59. The van der Waals surface area contributed by atoms with E-state index in [1.54, 1.807) is 12.1 Å². The van der Waals surface area contributed by atoms with Gasteiger partial charge in [0.15, 0.2) is 6.10 Å². The number of carbonyl (C=O) groups excluding carboxylic acids is 1. The quantitative estimate of drug-likeness (QED) is 0.585. The molecule has 1 amide bonds. The number of carbonyl (C=O) groups is 1. The highest BCUT2D eigenvalue weighted by Gasteiger charge is 2.26. The van der Waals surface area contributed by atoms with Gasteiger partial charge < -0.3 is 21.7 Å². The first-order chi connectivity index (χ1) is 8.14. The van der Waals surface area contributed by atoms with Crippen LogP contribution in [0.4, 0.5) is 5.69 Å². The van der Waals surface area contributed by atoms with Crippen molar-refractivity contribution in [2.75, 3.05) is 5.73 Å². The van der Waals surface area contributed by atoms with Gasteiger partial charge >= 0.3 is 0 Å². The summed E-state index contributed by atoms with van der Waals surface area (Å²) in [5, 5.41) is 19.4. The van der Waals surface area contributed by atoms with Gasteiger partial charge in [0.05, 0.1) is 0 Å². The first-order valence-electron chi connectivity index (χ1n) is 5.70. The fourth-order valence-corrected chi connectivity index (χ4v) is 1.62. The summed E-state index contributed by atoms with van der Waals surface area (Å²) in [4.78, 5) is 10.9. The molecule has 0 heterocycles. The number of primary amides is 1. The molecule has 0 fully saturated rings. The van der Waals surface area contributed by atoms with Gasteiger partial charge in [-0.2, -0.15) is 0 Å². The predicted molar refractivity (Wildman–Crippen MR) is 69.7 cm³/mol. The maximum absolute atomic E-state index is 10.9. The molecular weight excluding hydrogens is 232 g/mol. The van der Waals surface area contributed by atoms with Gasteiger partial charge in [0.25, 0.3) is 0 Å². The number of rotatable bonds is 3. The number of benzene rings is 1. The van der Waals surface area contributed by atoms with Crippen molar-refractivity contribution in [3.05, 3.63) is 29.3 Å². The lowest BCUT2D eigenvalue weighted by molar-refractivity contribution is -0.131. The van der Waals surface area contributed by atoms with E-state index < -0.39 is 18.1 Å². The van der Waals surface area contributed by atoms with E-state index in [4.69, 9.17) is 11.5 Å². The van der Waals surface area contributed by atoms with Crippen LogP contribution in [0.1, 0.15) is 38.0 Å². The minimum absolute atomic E-state index is 0.125. The zero-order valence-corrected chi connectivity index (χ0v) is 10.8. The molecule has 0 saturated carbocycles. The molecule has 0 aromatic heterocycles. The molecule has 0 bridgehead atoms. The highest BCUT2D eigenvalue weighted by atomic mass is 16.3. The SMILES string of the molecule is CC(C)(C)c1ccc(N)c(C(O)C(O)C(N)=O)c1. The van der Waals surface area contributed by atoms with E-state index in [2.05, 4.69) is 0 Å². The molecule has 1 aromatic rings. The molecular formula is C13H20N2O3. The molecule has 2 unspecified atom stereocenters. The van der Waals surface area contributed by atoms with Crippen molar-refractivity contribution in [1.82, 2.24) is 0 Å². The Labute approximate surface area is 106 Å². The van der Waals surface area contributed by atoms with Crippen LogP contribution in [0.15, 0.2) is 18.2 Å². The number of amides is 1. The highest BCUT2D eigenvalue weighted by molar-refractivity contribution is 5.79. The molecule has 0 aliphatic heterocycles. The van der Waals surface area contributed by atoms with E-state index in [9.17, 15) is 15.0 Å². The minimum atomic E-state index is -1.66. The number of hydrogen-bond donors (Lipinski definition) is 4. The molecule has 5 nitrogen and oxygen atoms in total. The number of anilines is 1.